The summed E-state index contributed by atoms with van der Waals surface area (Å²) in [7, 11) is 0. The minimum absolute atomic E-state index is 0.182. The van der Waals surface area contributed by atoms with Gasteiger partial charge in [-0.1, -0.05) is 22.0 Å². The van der Waals surface area contributed by atoms with Crippen LogP contribution in [0, 0.1) is 5.82 Å². The van der Waals surface area contributed by atoms with Crippen LogP contribution in [0.1, 0.15) is 5.56 Å². The molecule has 2 N–H and O–H groups in total. The molecule has 0 aliphatic rings. The molecule has 2 nitrogen and oxygen atoms in total. The maximum absolute atomic E-state index is 13.6. The number of nitrogens with two attached hydrogens (primary N) is 1. The van der Waals surface area contributed by atoms with Crippen molar-refractivity contribution in [3.8, 4) is 11.5 Å². The van der Waals surface area contributed by atoms with E-state index < -0.39 is 5.82 Å². The van der Waals surface area contributed by atoms with Crippen molar-refractivity contribution in [3.05, 3.63) is 56.7 Å². The van der Waals surface area contributed by atoms with Crippen molar-refractivity contribution in [3.63, 3.8) is 0 Å². The Morgan fingerprint density at radius 3 is 2.53 bits per heavy atom. The van der Waals surface area contributed by atoms with E-state index in [9.17, 15) is 4.39 Å². The molecule has 2 rings (SSSR count). The Kier molecular flexibility index (Phi) is 4.96. The van der Waals surface area contributed by atoms with E-state index in [-0.39, 0.29) is 5.75 Å². The minimum atomic E-state index is -0.402. The highest BCUT2D eigenvalue weighted by Gasteiger charge is 2.08. The Balaban J connectivity index is 2.25. The molecule has 19 heavy (non-hydrogen) atoms. The van der Waals surface area contributed by atoms with Crippen LogP contribution in [0.3, 0.4) is 0 Å². The molecule has 0 atom stereocenters. The summed E-state index contributed by atoms with van der Waals surface area (Å²) in [6.07, 6.45) is 0.796. The summed E-state index contributed by atoms with van der Waals surface area (Å²) >= 11 is 6.71. The lowest BCUT2D eigenvalue weighted by atomic mass is 10.1. The monoisotopic (exact) mass is 387 g/mol. The average Bonchev–Trinajstić information content (AvgIpc) is 2.37. The van der Waals surface area contributed by atoms with Gasteiger partial charge in [-0.3, -0.25) is 0 Å². The molecule has 100 valence electrons. The Morgan fingerprint density at radius 2 is 1.84 bits per heavy atom. The van der Waals surface area contributed by atoms with Crippen LogP contribution in [0.15, 0.2) is 45.3 Å². The quantitative estimate of drug-likeness (QED) is 0.827. The van der Waals surface area contributed by atoms with E-state index >= 15 is 0 Å². The van der Waals surface area contributed by atoms with Gasteiger partial charge in [-0.25, -0.2) is 4.39 Å². The second kappa shape index (κ2) is 6.50. The Morgan fingerprint density at radius 1 is 1.05 bits per heavy atom. The average molecular weight is 389 g/mol. The minimum Gasteiger partial charge on any atom is -0.453 e. The van der Waals surface area contributed by atoms with Crippen molar-refractivity contribution >= 4 is 31.9 Å². The number of benzene rings is 2. The van der Waals surface area contributed by atoms with Crippen LogP contribution < -0.4 is 10.5 Å². The largest absolute Gasteiger partial charge is 0.453 e. The van der Waals surface area contributed by atoms with Crippen LogP contribution in [0.25, 0.3) is 0 Å². The van der Waals surface area contributed by atoms with E-state index in [4.69, 9.17) is 10.5 Å². The SMILES string of the molecule is NCCc1ccc(Oc2cc(Br)ccc2F)c(Br)c1. The molecule has 0 spiro atoms. The van der Waals surface area contributed by atoms with Gasteiger partial charge in [0.05, 0.1) is 4.47 Å². The molecule has 0 aliphatic heterocycles. The molecule has 0 fully saturated rings. The highest BCUT2D eigenvalue weighted by atomic mass is 79.9. The van der Waals surface area contributed by atoms with Gasteiger partial charge in [0.15, 0.2) is 11.6 Å². The summed E-state index contributed by atoms with van der Waals surface area (Å²) in [6.45, 7) is 0.590. The second-order valence-corrected chi connectivity index (χ2v) is 5.75. The normalized spacial score (nSPS) is 10.5. The summed E-state index contributed by atoms with van der Waals surface area (Å²) in [5.41, 5.74) is 6.62. The van der Waals surface area contributed by atoms with Crippen molar-refractivity contribution in [1.82, 2.24) is 0 Å². The third-order valence-corrected chi connectivity index (χ3v) is 3.66. The van der Waals surface area contributed by atoms with Crippen molar-refractivity contribution in [1.29, 1.82) is 0 Å². The van der Waals surface area contributed by atoms with Crippen molar-refractivity contribution in [2.75, 3.05) is 6.54 Å². The Labute approximate surface area is 128 Å². The van der Waals surface area contributed by atoms with Gasteiger partial charge in [0, 0.05) is 4.47 Å². The topological polar surface area (TPSA) is 35.2 Å². The van der Waals surface area contributed by atoms with Gasteiger partial charge in [0.2, 0.25) is 0 Å². The molecule has 0 heterocycles. The molecule has 0 radical (unpaired) electrons. The predicted molar refractivity (Wildman–Crippen MR) is 81.1 cm³/mol. The first-order chi connectivity index (χ1) is 9.10. The van der Waals surface area contributed by atoms with E-state index in [0.29, 0.717) is 12.3 Å². The predicted octanol–water partition coefficient (Wildman–Crippen LogP) is 4.64. The van der Waals surface area contributed by atoms with Crippen LogP contribution in [-0.2, 0) is 6.42 Å². The van der Waals surface area contributed by atoms with Gasteiger partial charge in [-0.2, -0.15) is 0 Å². The number of hydrogen-bond acceptors (Lipinski definition) is 2. The molecular weight excluding hydrogens is 377 g/mol. The lowest BCUT2D eigenvalue weighted by Crippen LogP contribution is -2.02. The zero-order chi connectivity index (χ0) is 13.8. The van der Waals surface area contributed by atoms with Crippen molar-refractivity contribution in [2.45, 2.75) is 6.42 Å². The Hall–Kier alpha value is -0.910. The smallest absolute Gasteiger partial charge is 0.165 e. The van der Waals surface area contributed by atoms with Crippen LogP contribution >= 0.6 is 31.9 Å². The van der Waals surface area contributed by atoms with Gasteiger partial charge in [-0.05, 0) is 64.8 Å². The lowest BCUT2D eigenvalue weighted by Gasteiger charge is -2.10. The number of ether oxygens (including phenoxy) is 1. The standard InChI is InChI=1S/C14H12Br2FNO/c15-10-2-3-12(17)14(8-10)19-13-4-1-9(5-6-18)7-11(13)16/h1-4,7-8H,5-6,18H2. The number of rotatable bonds is 4. The summed E-state index contributed by atoms with van der Waals surface area (Å²) in [4.78, 5) is 0. The molecular formula is C14H12Br2FNO. The van der Waals surface area contributed by atoms with Crippen molar-refractivity contribution in [2.24, 2.45) is 5.73 Å². The first kappa shape index (κ1) is 14.5. The van der Waals surface area contributed by atoms with Gasteiger partial charge >= 0.3 is 0 Å². The van der Waals surface area contributed by atoms with E-state index in [1.807, 2.05) is 12.1 Å². The molecule has 5 heteroatoms. The highest BCUT2D eigenvalue weighted by molar-refractivity contribution is 9.10. The molecule has 2 aromatic rings. The fraction of sp³-hybridized carbons (Fsp3) is 0.143. The van der Waals surface area contributed by atoms with Gasteiger partial charge in [0.25, 0.3) is 0 Å². The summed E-state index contributed by atoms with van der Waals surface area (Å²) in [5, 5.41) is 0. The van der Waals surface area contributed by atoms with Crippen molar-refractivity contribution < 1.29 is 9.13 Å². The molecule has 0 aromatic heterocycles. The maximum Gasteiger partial charge on any atom is 0.165 e. The second-order valence-electron chi connectivity index (χ2n) is 3.98. The third kappa shape index (κ3) is 3.78. The van der Waals surface area contributed by atoms with E-state index in [0.717, 1.165) is 20.9 Å². The maximum atomic E-state index is 13.6. The summed E-state index contributed by atoms with van der Waals surface area (Å²) < 4.78 is 20.7. The zero-order valence-electron chi connectivity index (χ0n) is 10.00. The molecule has 0 unspecified atom stereocenters. The number of hydrogen-bond donors (Lipinski definition) is 1. The fourth-order valence-corrected chi connectivity index (χ4v) is 2.47. The molecule has 0 aliphatic carbocycles. The molecule has 0 saturated heterocycles. The van der Waals surface area contributed by atoms with Crippen LogP contribution in [-0.4, -0.2) is 6.54 Å². The van der Waals surface area contributed by atoms with Crippen LogP contribution in [0.4, 0.5) is 4.39 Å². The van der Waals surface area contributed by atoms with Gasteiger partial charge < -0.3 is 10.5 Å². The van der Waals surface area contributed by atoms with Gasteiger partial charge in [0.1, 0.15) is 5.75 Å². The summed E-state index contributed by atoms with van der Waals surface area (Å²) in [5.74, 6) is 0.348. The van der Waals surface area contributed by atoms with Gasteiger partial charge in [-0.15, -0.1) is 0 Å². The first-order valence-corrected chi connectivity index (χ1v) is 7.30. The molecule has 0 saturated carbocycles. The first-order valence-electron chi connectivity index (χ1n) is 5.71. The van der Waals surface area contributed by atoms with E-state index in [1.165, 1.54) is 6.07 Å². The van der Waals surface area contributed by atoms with Crippen LogP contribution in [0.5, 0.6) is 11.5 Å². The Bertz CT molecular complexity index is 590. The zero-order valence-corrected chi connectivity index (χ0v) is 13.2. The molecule has 2 aromatic carbocycles. The third-order valence-electron chi connectivity index (χ3n) is 2.54. The van der Waals surface area contributed by atoms with Crippen LogP contribution in [0.2, 0.25) is 0 Å². The highest BCUT2D eigenvalue weighted by Crippen LogP contribution is 2.33. The molecule has 0 bridgehead atoms. The van der Waals surface area contributed by atoms with E-state index in [1.54, 1.807) is 18.2 Å². The fourth-order valence-electron chi connectivity index (χ4n) is 1.62. The molecule has 0 amide bonds. The lowest BCUT2D eigenvalue weighted by molar-refractivity contribution is 0.439. The summed E-state index contributed by atoms with van der Waals surface area (Å²) in [6, 6.07) is 10.2. The number of halogens is 3. The van der Waals surface area contributed by atoms with E-state index in [2.05, 4.69) is 31.9 Å².